The van der Waals surface area contributed by atoms with E-state index in [2.05, 4.69) is 0 Å². The van der Waals surface area contributed by atoms with Crippen LogP contribution in [0.5, 0.6) is 0 Å². The summed E-state index contributed by atoms with van der Waals surface area (Å²) < 4.78 is 0. The Kier molecular flexibility index (Phi) is 11.3. The highest BCUT2D eigenvalue weighted by Gasteiger charge is 2.29. The minimum atomic E-state index is 1.08. The standard InChI is InChI=1S/C32H58/c1-2-6-16-29-22-12-24-31-20-11-10-19-27-15-8-4-5-9-18-28(27)21-13-25-32(31)26-14-23-30(29)17-7-3-1/h27-32H,1-26H2. The lowest BCUT2D eigenvalue weighted by Gasteiger charge is -2.33. The van der Waals surface area contributed by atoms with Crippen molar-refractivity contribution >= 4 is 0 Å². The molecule has 0 amide bonds. The smallest absolute Gasteiger partial charge is 0.0386 e. The van der Waals surface area contributed by atoms with E-state index in [-0.39, 0.29) is 0 Å². The fraction of sp³-hybridized carbons (Fsp3) is 1.00. The SMILES string of the molecule is C1CCCC2CCCC3CCCCC4CCCCCCC4CCCC3CCCC2CCC1. The molecule has 0 N–H and O–H groups in total. The zero-order valence-corrected chi connectivity index (χ0v) is 21.8. The van der Waals surface area contributed by atoms with Gasteiger partial charge in [-0.15, -0.1) is 0 Å². The number of hydrogen-bond donors (Lipinski definition) is 0. The second-order valence-corrected chi connectivity index (χ2v) is 13.0. The van der Waals surface area contributed by atoms with Crippen LogP contribution in [-0.2, 0) is 0 Å². The Morgan fingerprint density at radius 2 is 0.312 bits per heavy atom. The molecule has 4 aliphatic carbocycles. The quantitative estimate of drug-likeness (QED) is 0.350. The van der Waals surface area contributed by atoms with Crippen LogP contribution >= 0.6 is 0 Å². The molecule has 4 rings (SSSR count). The second-order valence-electron chi connectivity index (χ2n) is 13.0. The highest BCUT2D eigenvalue weighted by atomic mass is 14.3. The Labute approximate surface area is 202 Å². The summed E-state index contributed by atoms with van der Waals surface area (Å²) >= 11 is 0. The summed E-state index contributed by atoms with van der Waals surface area (Å²) in [5.41, 5.74) is 0. The highest BCUT2D eigenvalue weighted by Crippen LogP contribution is 2.42. The van der Waals surface area contributed by atoms with Crippen molar-refractivity contribution in [2.45, 2.75) is 167 Å². The number of hydrogen-bond acceptors (Lipinski definition) is 0. The van der Waals surface area contributed by atoms with Gasteiger partial charge in [0.15, 0.2) is 0 Å². The van der Waals surface area contributed by atoms with Crippen LogP contribution in [0.25, 0.3) is 0 Å². The van der Waals surface area contributed by atoms with Crippen molar-refractivity contribution in [3.8, 4) is 0 Å². The summed E-state index contributed by atoms with van der Waals surface area (Å²) in [6.45, 7) is 0. The Hall–Kier alpha value is 0. The molecular formula is C32H58. The van der Waals surface area contributed by atoms with Gasteiger partial charge in [-0.05, 0) is 35.5 Å². The van der Waals surface area contributed by atoms with Crippen LogP contribution in [0.15, 0.2) is 0 Å². The molecule has 186 valence electrons. The van der Waals surface area contributed by atoms with E-state index in [4.69, 9.17) is 0 Å². The van der Waals surface area contributed by atoms with E-state index in [1.54, 1.807) is 109 Å². The molecule has 4 saturated carbocycles. The molecule has 6 atom stereocenters. The van der Waals surface area contributed by atoms with Gasteiger partial charge < -0.3 is 0 Å². The van der Waals surface area contributed by atoms with E-state index in [0.29, 0.717) is 0 Å². The highest BCUT2D eigenvalue weighted by molar-refractivity contribution is 4.81. The first kappa shape index (κ1) is 25.1. The van der Waals surface area contributed by atoms with E-state index >= 15 is 0 Å². The van der Waals surface area contributed by atoms with Crippen LogP contribution in [-0.4, -0.2) is 0 Å². The molecule has 0 spiro atoms. The lowest BCUT2D eigenvalue weighted by atomic mass is 9.72. The lowest BCUT2D eigenvalue weighted by molar-refractivity contribution is 0.183. The first-order chi connectivity index (χ1) is 15.9. The van der Waals surface area contributed by atoms with Crippen molar-refractivity contribution in [3.63, 3.8) is 0 Å². The summed E-state index contributed by atoms with van der Waals surface area (Å²) in [7, 11) is 0. The maximum Gasteiger partial charge on any atom is -0.0386 e. The fourth-order valence-corrected chi connectivity index (χ4v) is 8.94. The number of fused-ring (bicyclic) bond motifs is 3. The second kappa shape index (κ2) is 14.4. The zero-order chi connectivity index (χ0) is 21.8. The molecule has 0 aliphatic heterocycles. The maximum absolute atomic E-state index is 1.59. The van der Waals surface area contributed by atoms with E-state index in [1.165, 1.54) is 57.8 Å². The summed E-state index contributed by atoms with van der Waals surface area (Å²) in [6.07, 6.45) is 40.5. The molecule has 4 fully saturated rings. The van der Waals surface area contributed by atoms with Gasteiger partial charge in [0.1, 0.15) is 0 Å². The molecular weight excluding hydrogens is 384 g/mol. The minimum Gasteiger partial charge on any atom is -0.0533 e. The molecule has 0 saturated heterocycles. The van der Waals surface area contributed by atoms with Gasteiger partial charge in [0.05, 0.1) is 0 Å². The Balaban J connectivity index is 1.36. The topological polar surface area (TPSA) is 0 Å². The molecule has 0 radical (unpaired) electrons. The Morgan fingerprint density at radius 3 is 0.562 bits per heavy atom. The van der Waals surface area contributed by atoms with E-state index in [1.807, 2.05) is 0 Å². The van der Waals surface area contributed by atoms with Crippen LogP contribution in [0, 0.1) is 35.5 Å². The van der Waals surface area contributed by atoms with Gasteiger partial charge >= 0.3 is 0 Å². The molecule has 0 aromatic carbocycles. The Morgan fingerprint density at radius 1 is 0.156 bits per heavy atom. The summed E-state index contributed by atoms with van der Waals surface area (Å²) in [6, 6.07) is 0. The zero-order valence-electron chi connectivity index (χ0n) is 21.8. The normalized spacial score (nSPS) is 39.8. The molecule has 6 unspecified atom stereocenters. The van der Waals surface area contributed by atoms with Crippen LogP contribution in [0.3, 0.4) is 0 Å². The van der Waals surface area contributed by atoms with Gasteiger partial charge in [0.2, 0.25) is 0 Å². The average molecular weight is 443 g/mol. The fourth-order valence-electron chi connectivity index (χ4n) is 8.94. The third-order valence-electron chi connectivity index (χ3n) is 10.9. The van der Waals surface area contributed by atoms with Gasteiger partial charge in [-0.2, -0.15) is 0 Å². The monoisotopic (exact) mass is 442 g/mol. The minimum absolute atomic E-state index is 1.08. The van der Waals surface area contributed by atoms with Gasteiger partial charge in [-0.25, -0.2) is 0 Å². The first-order valence-electron chi connectivity index (χ1n) is 15.9. The van der Waals surface area contributed by atoms with E-state index in [9.17, 15) is 0 Å². The molecule has 0 bridgehead atoms. The van der Waals surface area contributed by atoms with Crippen molar-refractivity contribution in [1.82, 2.24) is 0 Å². The largest absolute Gasteiger partial charge is 0.0533 e. The Bertz CT molecular complexity index is 480. The molecule has 4 aliphatic rings. The van der Waals surface area contributed by atoms with Crippen molar-refractivity contribution in [2.24, 2.45) is 35.5 Å². The predicted molar refractivity (Wildman–Crippen MR) is 141 cm³/mol. The van der Waals surface area contributed by atoms with Gasteiger partial charge in [0.25, 0.3) is 0 Å². The molecule has 0 aromatic rings. The van der Waals surface area contributed by atoms with Crippen LogP contribution in [0.2, 0.25) is 0 Å². The van der Waals surface area contributed by atoms with Crippen molar-refractivity contribution in [3.05, 3.63) is 0 Å². The van der Waals surface area contributed by atoms with E-state index in [0.717, 1.165) is 35.5 Å². The molecule has 0 nitrogen and oxygen atoms in total. The summed E-state index contributed by atoms with van der Waals surface area (Å²) in [5.74, 6) is 6.51. The third kappa shape index (κ3) is 8.05. The van der Waals surface area contributed by atoms with Gasteiger partial charge in [-0.1, -0.05) is 167 Å². The molecule has 0 heterocycles. The third-order valence-corrected chi connectivity index (χ3v) is 10.9. The van der Waals surface area contributed by atoms with Crippen molar-refractivity contribution in [1.29, 1.82) is 0 Å². The van der Waals surface area contributed by atoms with Gasteiger partial charge in [-0.3, -0.25) is 0 Å². The number of rotatable bonds is 0. The molecule has 32 heavy (non-hydrogen) atoms. The van der Waals surface area contributed by atoms with Crippen molar-refractivity contribution < 1.29 is 0 Å². The average Bonchev–Trinajstić information content (AvgIpc) is 2.87. The van der Waals surface area contributed by atoms with Crippen LogP contribution < -0.4 is 0 Å². The van der Waals surface area contributed by atoms with Crippen LogP contribution in [0.4, 0.5) is 0 Å². The van der Waals surface area contributed by atoms with E-state index < -0.39 is 0 Å². The summed E-state index contributed by atoms with van der Waals surface area (Å²) in [4.78, 5) is 0. The van der Waals surface area contributed by atoms with Crippen LogP contribution in [0.1, 0.15) is 167 Å². The lowest BCUT2D eigenvalue weighted by Crippen LogP contribution is -2.21. The molecule has 0 aromatic heterocycles. The molecule has 0 heteroatoms. The van der Waals surface area contributed by atoms with Gasteiger partial charge in [0, 0.05) is 0 Å². The maximum atomic E-state index is 1.59. The summed E-state index contributed by atoms with van der Waals surface area (Å²) in [5, 5.41) is 0. The van der Waals surface area contributed by atoms with Crippen molar-refractivity contribution in [2.75, 3.05) is 0 Å². The predicted octanol–water partition coefficient (Wildman–Crippen LogP) is 10.9. The first-order valence-corrected chi connectivity index (χ1v) is 15.9.